The number of hydrogen-bond donors (Lipinski definition) is 1. The molecule has 0 heterocycles. The first-order valence-corrected chi connectivity index (χ1v) is 6.83. The minimum absolute atomic E-state index is 0.266. The van der Waals surface area contributed by atoms with Gasteiger partial charge in [0.05, 0.1) is 18.7 Å². The van der Waals surface area contributed by atoms with Crippen LogP contribution in [0.4, 0.5) is 10.1 Å². The summed E-state index contributed by atoms with van der Waals surface area (Å²) >= 11 is 3.44. The Balaban J connectivity index is 2.18. The highest BCUT2D eigenvalue weighted by Gasteiger charge is 2.09. The van der Waals surface area contributed by atoms with Crippen LogP contribution < -0.4 is 14.8 Å². The lowest BCUT2D eigenvalue weighted by Crippen LogP contribution is -2.02. The fourth-order valence-corrected chi connectivity index (χ4v) is 2.41. The number of hydrogen-bond acceptors (Lipinski definition) is 3. The standard InChI is InChI=1S/C15H15BrFNO2/c1-19-14-8-15(20-2)13(16)6-10(14)9-18-12-5-3-4-11(17)7-12/h3-8,18H,9H2,1-2H3. The maximum absolute atomic E-state index is 13.1. The normalized spacial score (nSPS) is 10.2. The van der Waals surface area contributed by atoms with Crippen LogP contribution in [0.1, 0.15) is 5.56 Å². The molecule has 0 amide bonds. The van der Waals surface area contributed by atoms with E-state index in [9.17, 15) is 4.39 Å². The molecule has 0 aliphatic rings. The van der Waals surface area contributed by atoms with Crippen molar-refractivity contribution in [1.29, 1.82) is 0 Å². The van der Waals surface area contributed by atoms with Crippen LogP contribution in [0.2, 0.25) is 0 Å². The zero-order chi connectivity index (χ0) is 14.5. The van der Waals surface area contributed by atoms with Crippen molar-refractivity contribution in [3.63, 3.8) is 0 Å². The van der Waals surface area contributed by atoms with Crippen molar-refractivity contribution in [2.24, 2.45) is 0 Å². The molecule has 0 saturated heterocycles. The number of benzene rings is 2. The van der Waals surface area contributed by atoms with Crippen molar-refractivity contribution >= 4 is 21.6 Å². The van der Waals surface area contributed by atoms with Gasteiger partial charge in [0, 0.05) is 23.9 Å². The first-order chi connectivity index (χ1) is 9.63. The van der Waals surface area contributed by atoms with E-state index in [1.807, 2.05) is 18.2 Å². The smallest absolute Gasteiger partial charge is 0.136 e. The molecule has 20 heavy (non-hydrogen) atoms. The quantitative estimate of drug-likeness (QED) is 0.884. The van der Waals surface area contributed by atoms with Crippen LogP contribution in [0.3, 0.4) is 0 Å². The average Bonchev–Trinajstić information content (AvgIpc) is 2.45. The molecule has 0 aliphatic carbocycles. The van der Waals surface area contributed by atoms with E-state index in [1.54, 1.807) is 20.3 Å². The second-order valence-corrected chi connectivity index (χ2v) is 5.02. The molecule has 0 spiro atoms. The van der Waals surface area contributed by atoms with Crippen LogP contribution >= 0.6 is 15.9 Å². The highest BCUT2D eigenvalue weighted by molar-refractivity contribution is 9.10. The summed E-state index contributed by atoms with van der Waals surface area (Å²) in [5, 5.41) is 3.16. The molecule has 0 unspecified atom stereocenters. The van der Waals surface area contributed by atoms with Crippen LogP contribution in [0.25, 0.3) is 0 Å². The Hall–Kier alpha value is -1.75. The van der Waals surface area contributed by atoms with Gasteiger partial charge in [-0.1, -0.05) is 6.07 Å². The lowest BCUT2D eigenvalue weighted by atomic mass is 10.2. The SMILES string of the molecule is COc1cc(OC)c(CNc2cccc(F)c2)cc1Br. The Morgan fingerprint density at radius 1 is 1.10 bits per heavy atom. The Bertz CT molecular complexity index is 604. The molecule has 0 bridgehead atoms. The second-order valence-electron chi connectivity index (χ2n) is 4.16. The van der Waals surface area contributed by atoms with Crippen molar-refractivity contribution in [2.45, 2.75) is 6.54 Å². The molecular weight excluding hydrogens is 325 g/mol. The topological polar surface area (TPSA) is 30.5 Å². The molecule has 1 N–H and O–H groups in total. The highest BCUT2D eigenvalue weighted by Crippen LogP contribution is 2.33. The summed E-state index contributed by atoms with van der Waals surface area (Å²) in [4.78, 5) is 0. The van der Waals surface area contributed by atoms with Gasteiger partial charge in [0.2, 0.25) is 0 Å². The molecule has 2 rings (SSSR count). The van der Waals surface area contributed by atoms with Gasteiger partial charge < -0.3 is 14.8 Å². The number of anilines is 1. The number of ether oxygens (including phenoxy) is 2. The molecule has 2 aromatic rings. The van der Waals surface area contributed by atoms with Gasteiger partial charge in [0.25, 0.3) is 0 Å². The monoisotopic (exact) mass is 339 g/mol. The van der Waals surface area contributed by atoms with Crippen molar-refractivity contribution < 1.29 is 13.9 Å². The lowest BCUT2D eigenvalue weighted by Gasteiger charge is -2.13. The summed E-state index contributed by atoms with van der Waals surface area (Å²) < 4.78 is 24.5. The van der Waals surface area contributed by atoms with Crippen LogP contribution in [-0.4, -0.2) is 14.2 Å². The highest BCUT2D eigenvalue weighted by atomic mass is 79.9. The minimum Gasteiger partial charge on any atom is -0.496 e. The molecular formula is C15H15BrFNO2. The van der Waals surface area contributed by atoms with E-state index in [0.29, 0.717) is 18.0 Å². The molecule has 2 aromatic carbocycles. The first-order valence-electron chi connectivity index (χ1n) is 6.04. The van der Waals surface area contributed by atoms with E-state index in [0.717, 1.165) is 15.7 Å². The van der Waals surface area contributed by atoms with Gasteiger partial charge in [0.15, 0.2) is 0 Å². The van der Waals surface area contributed by atoms with Crippen molar-refractivity contribution in [3.8, 4) is 11.5 Å². The molecule has 3 nitrogen and oxygen atoms in total. The van der Waals surface area contributed by atoms with E-state index >= 15 is 0 Å². The zero-order valence-electron chi connectivity index (χ0n) is 11.2. The van der Waals surface area contributed by atoms with Crippen LogP contribution in [0, 0.1) is 5.82 Å². The number of rotatable bonds is 5. The Morgan fingerprint density at radius 3 is 2.50 bits per heavy atom. The Kier molecular flexibility index (Phi) is 4.84. The van der Waals surface area contributed by atoms with E-state index in [1.165, 1.54) is 12.1 Å². The summed E-state index contributed by atoms with van der Waals surface area (Å²) in [5.41, 5.74) is 1.67. The third kappa shape index (κ3) is 3.42. The minimum atomic E-state index is -0.266. The summed E-state index contributed by atoms with van der Waals surface area (Å²) in [5.74, 6) is 1.16. The number of halogens is 2. The van der Waals surface area contributed by atoms with Gasteiger partial charge in [-0.05, 0) is 40.2 Å². The maximum atomic E-state index is 13.1. The first kappa shape index (κ1) is 14.7. The van der Waals surface area contributed by atoms with Crippen molar-refractivity contribution in [3.05, 3.63) is 52.3 Å². The fraction of sp³-hybridized carbons (Fsp3) is 0.200. The fourth-order valence-electron chi connectivity index (χ4n) is 1.86. The largest absolute Gasteiger partial charge is 0.496 e. The van der Waals surface area contributed by atoms with Gasteiger partial charge in [-0.25, -0.2) is 4.39 Å². The van der Waals surface area contributed by atoms with Gasteiger partial charge in [-0.3, -0.25) is 0 Å². The molecule has 0 aromatic heterocycles. The molecule has 0 radical (unpaired) electrons. The second kappa shape index (κ2) is 6.61. The van der Waals surface area contributed by atoms with Crippen LogP contribution in [-0.2, 0) is 6.54 Å². The van der Waals surface area contributed by atoms with Crippen molar-refractivity contribution in [1.82, 2.24) is 0 Å². The molecule has 0 aliphatic heterocycles. The summed E-state index contributed by atoms with van der Waals surface area (Å²) in [6.07, 6.45) is 0. The molecule has 5 heteroatoms. The number of nitrogens with one attached hydrogen (secondary N) is 1. The Labute approximate surface area is 125 Å². The van der Waals surface area contributed by atoms with Gasteiger partial charge >= 0.3 is 0 Å². The lowest BCUT2D eigenvalue weighted by molar-refractivity contribution is 0.390. The zero-order valence-corrected chi connectivity index (χ0v) is 12.8. The van der Waals surface area contributed by atoms with Crippen LogP contribution in [0.15, 0.2) is 40.9 Å². The molecule has 0 saturated carbocycles. The predicted molar refractivity (Wildman–Crippen MR) is 81.0 cm³/mol. The Morgan fingerprint density at radius 2 is 1.85 bits per heavy atom. The molecule has 0 atom stereocenters. The average molecular weight is 340 g/mol. The molecule has 106 valence electrons. The summed E-state index contributed by atoms with van der Waals surface area (Å²) in [6, 6.07) is 10.1. The third-order valence-corrected chi connectivity index (χ3v) is 3.48. The third-order valence-electron chi connectivity index (χ3n) is 2.86. The predicted octanol–water partition coefficient (Wildman–Crippen LogP) is 4.22. The van der Waals surface area contributed by atoms with E-state index < -0.39 is 0 Å². The number of methoxy groups -OCH3 is 2. The molecule has 0 fully saturated rings. The van der Waals surface area contributed by atoms with Crippen molar-refractivity contribution in [2.75, 3.05) is 19.5 Å². The van der Waals surface area contributed by atoms with Gasteiger partial charge in [-0.2, -0.15) is 0 Å². The maximum Gasteiger partial charge on any atom is 0.136 e. The van der Waals surface area contributed by atoms with Crippen LogP contribution in [0.5, 0.6) is 11.5 Å². The summed E-state index contributed by atoms with van der Waals surface area (Å²) in [6.45, 7) is 0.523. The van der Waals surface area contributed by atoms with E-state index in [2.05, 4.69) is 21.2 Å². The summed E-state index contributed by atoms with van der Waals surface area (Å²) in [7, 11) is 3.21. The van der Waals surface area contributed by atoms with E-state index in [-0.39, 0.29) is 5.82 Å². The van der Waals surface area contributed by atoms with E-state index in [4.69, 9.17) is 9.47 Å². The van der Waals surface area contributed by atoms with Gasteiger partial charge in [-0.15, -0.1) is 0 Å². The van der Waals surface area contributed by atoms with Gasteiger partial charge in [0.1, 0.15) is 17.3 Å².